The predicted octanol–water partition coefficient (Wildman–Crippen LogP) is 3.70. The quantitative estimate of drug-likeness (QED) is 0.698. The zero-order valence-corrected chi connectivity index (χ0v) is 9.10. The Morgan fingerprint density at radius 2 is 2.00 bits per heavy atom. The van der Waals surface area contributed by atoms with Crippen LogP contribution in [-0.4, -0.2) is 5.78 Å². The van der Waals surface area contributed by atoms with Crippen molar-refractivity contribution in [2.24, 2.45) is 0 Å². The summed E-state index contributed by atoms with van der Waals surface area (Å²) in [5.41, 5.74) is 1.04. The van der Waals surface area contributed by atoms with E-state index in [2.05, 4.69) is 0 Å². The van der Waals surface area contributed by atoms with Gasteiger partial charge in [0.2, 0.25) is 0 Å². The van der Waals surface area contributed by atoms with Gasteiger partial charge in [0.25, 0.3) is 5.92 Å². The van der Waals surface area contributed by atoms with E-state index in [4.69, 9.17) is 0 Å². The van der Waals surface area contributed by atoms with Gasteiger partial charge in [-0.2, -0.15) is 0 Å². The molecule has 0 aliphatic rings. The van der Waals surface area contributed by atoms with E-state index in [-0.39, 0.29) is 11.3 Å². The Kier molecular flexibility index (Phi) is 3.22. The van der Waals surface area contributed by atoms with E-state index in [1.807, 2.05) is 0 Å². The Labute approximate surface area is 88.1 Å². The summed E-state index contributed by atoms with van der Waals surface area (Å²) in [5, 5.41) is 0. The van der Waals surface area contributed by atoms with Gasteiger partial charge in [-0.15, -0.1) is 0 Å². The number of carbonyl (C=O) groups is 1. The van der Waals surface area contributed by atoms with E-state index in [0.717, 1.165) is 12.5 Å². The highest BCUT2D eigenvalue weighted by molar-refractivity contribution is 5.97. The van der Waals surface area contributed by atoms with Crippen LogP contribution in [0.3, 0.4) is 0 Å². The molecule has 0 aromatic heterocycles. The lowest BCUT2D eigenvalue weighted by Gasteiger charge is -2.13. The highest BCUT2D eigenvalue weighted by atomic mass is 19.3. The van der Waals surface area contributed by atoms with E-state index in [9.17, 15) is 13.6 Å². The maximum atomic E-state index is 13.0. The van der Waals surface area contributed by atoms with Crippen molar-refractivity contribution in [3.63, 3.8) is 0 Å². The number of Topliss-reactive ketones (excluding diaryl/α,β-unsaturated/α-hetero) is 1. The van der Waals surface area contributed by atoms with Crippen LogP contribution in [0.1, 0.15) is 41.8 Å². The average Bonchev–Trinajstić information content (AvgIpc) is 2.15. The number of aryl methyl sites for hydroxylation is 1. The number of benzene rings is 1. The van der Waals surface area contributed by atoms with Gasteiger partial charge in [0.05, 0.1) is 0 Å². The van der Waals surface area contributed by atoms with Crippen molar-refractivity contribution in [2.45, 2.75) is 33.1 Å². The fourth-order valence-corrected chi connectivity index (χ4v) is 1.39. The maximum Gasteiger partial charge on any atom is 0.270 e. The van der Waals surface area contributed by atoms with Crippen LogP contribution in [0, 0.1) is 6.92 Å². The first kappa shape index (κ1) is 11.8. The highest BCUT2D eigenvalue weighted by Gasteiger charge is 2.25. The summed E-state index contributed by atoms with van der Waals surface area (Å²) in [6, 6.07) is 4.22. The molecule has 0 radical (unpaired) electrons. The minimum absolute atomic E-state index is 0.0985. The third-order valence-corrected chi connectivity index (χ3v) is 2.37. The molecule has 1 rings (SSSR count). The Morgan fingerprint density at radius 1 is 1.40 bits per heavy atom. The Hall–Kier alpha value is -1.25. The van der Waals surface area contributed by atoms with E-state index in [1.54, 1.807) is 19.9 Å². The molecule has 0 atom stereocenters. The van der Waals surface area contributed by atoms with Gasteiger partial charge in [-0.3, -0.25) is 4.79 Å². The van der Waals surface area contributed by atoms with E-state index in [1.165, 1.54) is 12.1 Å². The highest BCUT2D eigenvalue weighted by Crippen LogP contribution is 2.28. The van der Waals surface area contributed by atoms with Crippen molar-refractivity contribution in [3.05, 3.63) is 34.9 Å². The van der Waals surface area contributed by atoms with Gasteiger partial charge in [0.15, 0.2) is 5.78 Å². The first-order valence-corrected chi connectivity index (χ1v) is 4.88. The zero-order chi connectivity index (χ0) is 11.6. The molecule has 0 aliphatic heterocycles. The number of carbonyl (C=O) groups excluding carboxylic acids is 1. The monoisotopic (exact) mass is 212 g/mol. The Morgan fingerprint density at radius 3 is 2.47 bits per heavy atom. The molecule has 0 bridgehead atoms. The fraction of sp³-hybridized carbons (Fsp3) is 0.417. The molecule has 1 nitrogen and oxygen atoms in total. The maximum absolute atomic E-state index is 13.0. The molecule has 0 aliphatic carbocycles. The molecule has 0 heterocycles. The van der Waals surface area contributed by atoms with Gasteiger partial charge < -0.3 is 0 Å². The topological polar surface area (TPSA) is 17.1 Å². The van der Waals surface area contributed by atoms with Crippen LogP contribution in [0.15, 0.2) is 18.2 Å². The van der Waals surface area contributed by atoms with E-state index < -0.39 is 5.92 Å². The first-order valence-electron chi connectivity index (χ1n) is 4.88. The van der Waals surface area contributed by atoms with Gasteiger partial charge in [0, 0.05) is 24.5 Å². The molecule has 1 aromatic rings. The van der Waals surface area contributed by atoms with E-state index >= 15 is 0 Å². The van der Waals surface area contributed by atoms with Crippen molar-refractivity contribution in [3.8, 4) is 0 Å². The van der Waals surface area contributed by atoms with Crippen LogP contribution in [0.2, 0.25) is 0 Å². The SMILES string of the molecule is CCC(=O)c1cc(C(C)(F)F)ccc1C. The van der Waals surface area contributed by atoms with Crippen LogP contribution >= 0.6 is 0 Å². The lowest BCUT2D eigenvalue weighted by atomic mass is 9.98. The largest absolute Gasteiger partial charge is 0.294 e. The molecular formula is C12H14F2O. The number of ketones is 1. The molecule has 82 valence electrons. The summed E-state index contributed by atoms with van der Waals surface area (Å²) < 4.78 is 26.0. The lowest BCUT2D eigenvalue weighted by Crippen LogP contribution is -2.09. The number of hydrogen-bond acceptors (Lipinski definition) is 1. The third kappa shape index (κ3) is 2.61. The number of hydrogen-bond donors (Lipinski definition) is 0. The third-order valence-electron chi connectivity index (χ3n) is 2.37. The second-order valence-corrected chi connectivity index (χ2v) is 3.69. The minimum atomic E-state index is -2.89. The predicted molar refractivity (Wildman–Crippen MR) is 55.4 cm³/mol. The summed E-state index contributed by atoms with van der Waals surface area (Å²) in [4.78, 5) is 11.5. The first-order chi connectivity index (χ1) is 6.86. The van der Waals surface area contributed by atoms with Crippen molar-refractivity contribution >= 4 is 5.78 Å². The standard InChI is InChI=1S/C12H14F2O/c1-4-11(15)10-7-9(12(3,13)14)6-5-8(10)2/h5-7H,4H2,1-3H3. The molecule has 0 unspecified atom stereocenters. The summed E-state index contributed by atoms with van der Waals surface area (Å²) in [5.74, 6) is -2.99. The van der Waals surface area contributed by atoms with Gasteiger partial charge in [-0.25, -0.2) is 8.78 Å². The molecule has 0 N–H and O–H groups in total. The minimum Gasteiger partial charge on any atom is -0.294 e. The molecule has 0 saturated carbocycles. The number of halogens is 2. The van der Waals surface area contributed by atoms with Crippen molar-refractivity contribution in [1.82, 2.24) is 0 Å². The normalized spacial score (nSPS) is 11.5. The molecule has 0 spiro atoms. The van der Waals surface area contributed by atoms with Gasteiger partial charge >= 0.3 is 0 Å². The van der Waals surface area contributed by atoms with Gasteiger partial charge in [0.1, 0.15) is 0 Å². The Bertz CT molecular complexity index is 378. The van der Waals surface area contributed by atoms with Crippen LogP contribution in [0.5, 0.6) is 0 Å². The van der Waals surface area contributed by atoms with E-state index in [0.29, 0.717) is 12.0 Å². The average molecular weight is 212 g/mol. The molecule has 0 saturated heterocycles. The summed E-state index contributed by atoms with van der Waals surface area (Å²) in [6.45, 7) is 4.30. The second-order valence-electron chi connectivity index (χ2n) is 3.69. The van der Waals surface area contributed by atoms with Crippen LogP contribution in [0.4, 0.5) is 8.78 Å². The molecule has 0 fully saturated rings. The van der Waals surface area contributed by atoms with Crippen molar-refractivity contribution < 1.29 is 13.6 Å². The van der Waals surface area contributed by atoms with Crippen molar-refractivity contribution in [1.29, 1.82) is 0 Å². The molecule has 0 amide bonds. The lowest BCUT2D eigenvalue weighted by molar-refractivity contribution is 0.0174. The summed E-state index contributed by atoms with van der Waals surface area (Å²) >= 11 is 0. The molecular weight excluding hydrogens is 198 g/mol. The number of rotatable bonds is 3. The second kappa shape index (κ2) is 4.09. The fourth-order valence-electron chi connectivity index (χ4n) is 1.39. The number of alkyl halides is 2. The van der Waals surface area contributed by atoms with Crippen LogP contribution in [-0.2, 0) is 5.92 Å². The Balaban J connectivity index is 3.23. The van der Waals surface area contributed by atoms with Crippen molar-refractivity contribution in [2.75, 3.05) is 0 Å². The van der Waals surface area contributed by atoms with Crippen LogP contribution in [0.25, 0.3) is 0 Å². The smallest absolute Gasteiger partial charge is 0.270 e. The van der Waals surface area contributed by atoms with Crippen LogP contribution < -0.4 is 0 Å². The summed E-state index contributed by atoms with van der Waals surface area (Å²) in [7, 11) is 0. The van der Waals surface area contributed by atoms with Gasteiger partial charge in [-0.05, 0) is 18.6 Å². The summed E-state index contributed by atoms with van der Waals surface area (Å²) in [6.07, 6.45) is 0.333. The van der Waals surface area contributed by atoms with Gasteiger partial charge in [-0.1, -0.05) is 19.1 Å². The molecule has 3 heteroatoms. The zero-order valence-electron chi connectivity index (χ0n) is 9.10. The molecule has 15 heavy (non-hydrogen) atoms. The molecule has 1 aromatic carbocycles.